The number of hydrogen-bond donors (Lipinski definition) is 3. The van der Waals surface area contributed by atoms with Gasteiger partial charge in [-0.25, -0.2) is 15.7 Å². The van der Waals surface area contributed by atoms with Gasteiger partial charge in [0.2, 0.25) is 0 Å². The molecule has 2 aromatic rings. The largest absolute Gasteiger partial charge is 0.343 e. The third-order valence-corrected chi connectivity index (χ3v) is 3.67. The molecule has 0 radical (unpaired) electrons. The molecule has 0 saturated heterocycles. The summed E-state index contributed by atoms with van der Waals surface area (Å²) in [6.07, 6.45) is 0. The van der Waals surface area contributed by atoms with E-state index in [9.17, 15) is 9.59 Å². The molecule has 0 spiro atoms. The lowest BCUT2D eigenvalue weighted by molar-refractivity contribution is 0.0953. The number of nitrogens with one attached hydrogen (secondary N) is 2. The lowest BCUT2D eigenvalue weighted by Gasteiger charge is -2.07. The molecule has 1 heterocycles. The quantitative estimate of drug-likeness (QED) is 0.316. The van der Waals surface area contributed by atoms with Crippen LogP contribution in [0.5, 0.6) is 0 Å². The van der Waals surface area contributed by atoms with Gasteiger partial charge >= 0.3 is 5.69 Å². The first-order valence-corrected chi connectivity index (χ1v) is 6.45. The summed E-state index contributed by atoms with van der Waals surface area (Å²) in [5.74, 6) is 5.31. The van der Waals surface area contributed by atoms with Crippen molar-refractivity contribution >= 4 is 17.7 Å². The third-order valence-electron chi connectivity index (χ3n) is 2.59. The Balaban J connectivity index is 2.18. The van der Waals surface area contributed by atoms with E-state index < -0.39 is 0 Å². The summed E-state index contributed by atoms with van der Waals surface area (Å²) in [6, 6.07) is 7.14. The standard InChI is InChI=1S/C11H13N5O2S/c1-16-10(18)14-15-11(16)19-6-7-4-2-3-5-8(7)9(17)13-12/h2-5H,6,12H2,1H3,(H,13,17)(H,14,18). The first-order chi connectivity index (χ1) is 9.13. The molecular formula is C11H13N5O2S. The molecule has 8 heteroatoms. The number of benzene rings is 1. The maximum absolute atomic E-state index is 11.6. The SMILES string of the molecule is Cn1c(SCc2ccccc2C(=O)NN)n[nH]c1=O. The second-order valence-electron chi connectivity index (χ2n) is 3.79. The van der Waals surface area contributed by atoms with Gasteiger partial charge in [0.25, 0.3) is 5.91 Å². The normalized spacial score (nSPS) is 10.4. The zero-order valence-electron chi connectivity index (χ0n) is 10.2. The highest BCUT2D eigenvalue weighted by atomic mass is 32.2. The van der Waals surface area contributed by atoms with Crippen LogP contribution in [0.1, 0.15) is 15.9 Å². The van der Waals surface area contributed by atoms with E-state index in [-0.39, 0.29) is 11.6 Å². The Kier molecular flexibility index (Phi) is 4.03. The van der Waals surface area contributed by atoms with Crippen molar-refractivity contribution < 1.29 is 4.79 Å². The number of nitrogens with two attached hydrogens (primary N) is 1. The van der Waals surface area contributed by atoms with E-state index in [2.05, 4.69) is 15.6 Å². The van der Waals surface area contributed by atoms with Crippen LogP contribution < -0.4 is 17.0 Å². The van der Waals surface area contributed by atoms with E-state index in [0.29, 0.717) is 16.5 Å². The predicted molar refractivity (Wildman–Crippen MR) is 71.5 cm³/mol. The molecular weight excluding hydrogens is 266 g/mol. The van der Waals surface area contributed by atoms with E-state index in [1.807, 2.05) is 12.1 Å². The summed E-state index contributed by atoms with van der Waals surface area (Å²) in [5, 5.41) is 6.81. The lowest BCUT2D eigenvalue weighted by atomic mass is 10.1. The number of H-pyrrole nitrogens is 1. The summed E-state index contributed by atoms with van der Waals surface area (Å²) < 4.78 is 1.41. The molecule has 1 aromatic carbocycles. The Morgan fingerprint density at radius 2 is 2.26 bits per heavy atom. The van der Waals surface area contributed by atoms with E-state index in [1.165, 1.54) is 16.3 Å². The monoisotopic (exact) mass is 279 g/mol. The van der Waals surface area contributed by atoms with Crippen LogP contribution in [0.25, 0.3) is 0 Å². The summed E-state index contributed by atoms with van der Waals surface area (Å²) in [4.78, 5) is 22.8. The maximum Gasteiger partial charge on any atom is 0.343 e. The Morgan fingerprint density at radius 3 is 2.89 bits per heavy atom. The zero-order chi connectivity index (χ0) is 13.8. The smallest absolute Gasteiger partial charge is 0.290 e. The summed E-state index contributed by atoms with van der Waals surface area (Å²) in [6.45, 7) is 0. The Morgan fingerprint density at radius 1 is 1.53 bits per heavy atom. The first kappa shape index (κ1) is 13.4. The molecule has 7 nitrogen and oxygen atoms in total. The van der Waals surface area contributed by atoms with Gasteiger partial charge in [0.15, 0.2) is 5.16 Å². The molecule has 0 atom stereocenters. The van der Waals surface area contributed by atoms with Gasteiger partial charge in [-0.05, 0) is 11.6 Å². The minimum Gasteiger partial charge on any atom is -0.290 e. The highest BCUT2D eigenvalue weighted by Crippen LogP contribution is 2.21. The van der Waals surface area contributed by atoms with Crippen molar-refractivity contribution in [2.45, 2.75) is 10.9 Å². The van der Waals surface area contributed by atoms with Crippen LogP contribution in [0.15, 0.2) is 34.2 Å². The molecule has 1 aromatic heterocycles. The Bertz CT molecular complexity index is 649. The van der Waals surface area contributed by atoms with Crippen molar-refractivity contribution in [2.24, 2.45) is 12.9 Å². The second-order valence-corrected chi connectivity index (χ2v) is 4.73. The van der Waals surface area contributed by atoms with Gasteiger partial charge in [-0.15, -0.1) is 5.10 Å². The Labute approximate surface area is 113 Å². The number of thioether (sulfide) groups is 1. The molecule has 0 bridgehead atoms. The summed E-state index contributed by atoms with van der Waals surface area (Å²) >= 11 is 1.36. The number of aromatic nitrogens is 3. The highest BCUT2D eigenvalue weighted by molar-refractivity contribution is 7.98. The Hall–Kier alpha value is -2.06. The van der Waals surface area contributed by atoms with E-state index in [0.717, 1.165) is 5.56 Å². The third kappa shape index (κ3) is 2.85. The topological polar surface area (TPSA) is 106 Å². The van der Waals surface area contributed by atoms with Gasteiger partial charge in [0.05, 0.1) is 0 Å². The number of rotatable bonds is 4. The highest BCUT2D eigenvalue weighted by Gasteiger charge is 2.11. The van der Waals surface area contributed by atoms with Gasteiger partial charge in [0.1, 0.15) is 0 Å². The zero-order valence-corrected chi connectivity index (χ0v) is 11.0. The summed E-state index contributed by atoms with van der Waals surface area (Å²) in [7, 11) is 1.63. The minimum absolute atomic E-state index is 0.268. The molecule has 0 aliphatic heterocycles. The number of nitrogens with zero attached hydrogens (tertiary/aromatic N) is 2. The molecule has 19 heavy (non-hydrogen) atoms. The van der Waals surface area contributed by atoms with Gasteiger partial charge in [-0.3, -0.25) is 14.8 Å². The number of aromatic amines is 1. The molecule has 0 aliphatic carbocycles. The van der Waals surface area contributed by atoms with Crippen LogP contribution in [-0.4, -0.2) is 20.7 Å². The molecule has 4 N–H and O–H groups in total. The van der Waals surface area contributed by atoms with Crippen molar-refractivity contribution in [1.82, 2.24) is 20.2 Å². The first-order valence-electron chi connectivity index (χ1n) is 5.46. The lowest BCUT2D eigenvalue weighted by Crippen LogP contribution is -2.30. The van der Waals surface area contributed by atoms with Crippen LogP contribution in [0.4, 0.5) is 0 Å². The van der Waals surface area contributed by atoms with Crippen LogP contribution in [0.2, 0.25) is 0 Å². The van der Waals surface area contributed by atoms with E-state index in [4.69, 9.17) is 5.84 Å². The number of nitrogen functional groups attached to an aromatic ring is 1. The maximum atomic E-state index is 11.6. The molecule has 2 rings (SSSR count). The predicted octanol–water partition coefficient (Wildman–Crippen LogP) is 0.00420. The van der Waals surface area contributed by atoms with Crippen LogP contribution >= 0.6 is 11.8 Å². The van der Waals surface area contributed by atoms with E-state index in [1.54, 1.807) is 19.2 Å². The van der Waals surface area contributed by atoms with Gasteiger partial charge < -0.3 is 0 Å². The average Bonchev–Trinajstić information content (AvgIpc) is 2.76. The fourth-order valence-corrected chi connectivity index (χ4v) is 2.47. The fraction of sp³-hybridized carbons (Fsp3) is 0.182. The number of amides is 1. The van der Waals surface area contributed by atoms with Gasteiger partial charge in [0, 0.05) is 18.4 Å². The van der Waals surface area contributed by atoms with Gasteiger partial charge in [-0.2, -0.15) is 0 Å². The molecule has 0 unspecified atom stereocenters. The number of hydrazine groups is 1. The van der Waals surface area contributed by atoms with Crippen molar-refractivity contribution in [2.75, 3.05) is 0 Å². The average molecular weight is 279 g/mol. The molecule has 1 amide bonds. The second kappa shape index (κ2) is 5.72. The van der Waals surface area contributed by atoms with Crippen LogP contribution in [-0.2, 0) is 12.8 Å². The number of carbonyl (C=O) groups is 1. The van der Waals surface area contributed by atoms with Crippen molar-refractivity contribution in [3.05, 3.63) is 45.9 Å². The molecule has 0 saturated carbocycles. The molecule has 0 aliphatic rings. The van der Waals surface area contributed by atoms with Crippen LogP contribution in [0, 0.1) is 0 Å². The minimum atomic E-state index is -0.341. The van der Waals surface area contributed by atoms with Crippen molar-refractivity contribution in [3.63, 3.8) is 0 Å². The van der Waals surface area contributed by atoms with Gasteiger partial charge in [-0.1, -0.05) is 30.0 Å². The fourth-order valence-electron chi connectivity index (χ4n) is 1.55. The number of hydrogen-bond acceptors (Lipinski definition) is 5. The van der Waals surface area contributed by atoms with Crippen molar-refractivity contribution in [1.29, 1.82) is 0 Å². The number of carbonyl (C=O) groups excluding carboxylic acids is 1. The van der Waals surface area contributed by atoms with Crippen molar-refractivity contribution in [3.8, 4) is 0 Å². The molecule has 100 valence electrons. The summed E-state index contributed by atoms with van der Waals surface area (Å²) in [5.41, 5.74) is 3.18. The van der Waals surface area contributed by atoms with Crippen LogP contribution in [0.3, 0.4) is 0 Å². The van der Waals surface area contributed by atoms with E-state index >= 15 is 0 Å². The molecule has 0 fully saturated rings.